The van der Waals surface area contributed by atoms with Crippen LogP contribution in [0, 0.1) is 0 Å². The largest absolute Gasteiger partial charge is 0.412 e. The summed E-state index contributed by atoms with van der Waals surface area (Å²) in [5.41, 5.74) is 0. The molecule has 0 aromatic heterocycles. The van der Waals surface area contributed by atoms with Gasteiger partial charge in [0, 0.05) is 7.11 Å². The summed E-state index contributed by atoms with van der Waals surface area (Å²) in [5.74, 6) is 0. The van der Waals surface area contributed by atoms with Crippen LogP contribution in [-0.4, -0.2) is 70.3 Å². The summed E-state index contributed by atoms with van der Waals surface area (Å²) < 4.78 is 9.50. The van der Waals surface area contributed by atoms with Crippen molar-refractivity contribution in [1.82, 2.24) is 0 Å². The van der Waals surface area contributed by atoms with Crippen LogP contribution in [0.2, 0.25) is 0 Å². The highest BCUT2D eigenvalue weighted by Gasteiger charge is 2.43. The molecule has 5 atom stereocenters. The Kier molecular flexibility index (Phi) is 5.45. The smallest absolute Gasteiger partial charge is 0.184 e. The zero-order valence-corrected chi connectivity index (χ0v) is 7.70. The van der Waals surface area contributed by atoms with Crippen LogP contribution in [-0.2, 0) is 9.47 Å². The van der Waals surface area contributed by atoms with Crippen LogP contribution in [0.4, 0.5) is 0 Å². The van der Waals surface area contributed by atoms with Crippen LogP contribution >= 0.6 is 0 Å². The Labute approximate surface area is 80.8 Å². The van der Waals surface area contributed by atoms with Crippen LogP contribution in [0.5, 0.6) is 0 Å². The van der Waals surface area contributed by atoms with Crippen LogP contribution < -0.4 is 0 Å². The maximum atomic E-state index is 9.38. The average Bonchev–Trinajstić information content (AvgIpc) is 2.12. The van der Waals surface area contributed by atoms with Gasteiger partial charge in [-0.2, -0.15) is 0 Å². The van der Waals surface area contributed by atoms with Crippen molar-refractivity contribution >= 4 is 0 Å². The van der Waals surface area contributed by atoms with E-state index in [-0.39, 0.29) is 5.48 Å². The van der Waals surface area contributed by atoms with E-state index in [9.17, 15) is 15.3 Å². The van der Waals surface area contributed by atoms with E-state index in [2.05, 4.69) is 0 Å². The molecule has 0 bridgehead atoms. The van der Waals surface area contributed by atoms with E-state index in [1.165, 1.54) is 7.11 Å². The third kappa shape index (κ3) is 2.39. The molecule has 0 saturated carbocycles. The highest BCUT2D eigenvalue weighted by molar-refractivity contribution is 4.88. The summed E-state index contributed by atoms with van der Waals surface area (Å²) in [6.45, 7) is -0.467. The van der Waals surface area contributed by atoms with Crippen molar-refractivity contribution in [2.24, 2.45) is 0 Å². The number of aliphatic hydroxyl groups is 4. The molecule has 7 heteroatoms. The van der Waals surface area contributed by atoms with E-state index in [1.807, 2.05) is 0 Å². The topological polar surface area (TPSA) is 131 Å². The van der Waals surface area contributed by atoms with Crippen molar-refractivity contribution < 1.29 is 35.4 Å². The van der Waals surface area contributed by atoms with Crippen molar-refractivity contribution in [1.29, 1.82) is 0 Å². The first-order valence-corrected chi connectivity index (χ1v) is 3.95. The molecule has 86 valence electrons. The molecule has 7 nitrogen and oxygen atoms in total. The second-order valence-electron chi connectivity index (χ2n) is 2.93. The van der Waals surface area contributed by atoms with Gasteiger partial charge in [0.1, 0.15) is 24.4 Å². The first-order chi connectivity index (χ1) is 6.11. The molecular formula is C7H16O7. The summed E-state index contributed by atoms with van der Waals surface area (Å²) in [6, 6.07) is 0. The molecule has 0 aromatic rings. The Morgan fingerprint density at radius 2 is 1.79 bits per heavy atom. The van der Waals surface area contributed by atoms with E-state index >= 15 is 0 Å². The summed E-state index contributed by atoms with van der Waals surface area (Å²) in [4.78, 5) is 0. The van der Waals surface area contributed by atoms with Crippen molar-refractivity contribution in [2.45, 2.75) is 30.7 Å². The molecule has 1 rings (SSSR count). The Balaban J connectivity index is 0.00000169. The van der Waals surface area contributed by atoms with E-state index in [4.69, 9.17) is 14.6 Å². The lowest BCUT2D eigenvalue weighted by atomic mass is 9.99. The lowest BCUT2D eigenvalue weighted by molar-refractivity contribution is -0.291. The van der Waals surface area contributed by atoms with E-state index in [0.717, 1.165) is 0 Å². The van der Waals surface area contributed by atoms with Gasteiger partial charge in [-0.15, -0.1) is 0 Å². The number of hydrogen-bond donors (Lipinski definition) is 4. The molecule has 1 aliphatic heterocycles. The molecule has 1 heterocycles. The number of ether oxygens (including phenoxy) is 2. The predicted octanol–water partition coefficient (Wildman–Crippen LogP) is -3.39. The van der Waals surface area contributed by atoms with E-state index in [0.29, 0.717) is 0 Å². The van der Waals surface area contributed by atoms with Crippen LogP contribution in [0.25, 0.3) is 0 Å². The Bertz CT molecular complexity index is 164. The number of rotatable bonds is 2. The van der Waals surface area contributed by atoms with Crippen LogP contribution in [0.1, 0.15) is 0 Å². The maximum Gasteiger partial charge on any atom is 0.184 e. The molecule has 0 radical (unpaired) electrons. The van der Waals surface area contributed by atoms with E-state index in [1.54, 1.807) is 0 Å². The zero-order chi connectivity index (χ0) is 10.0. The fraction of sp³-hybridized carbons (Fsp3) is 1.00. The Hall–Kier alpha value is -0.280. The molecular weight excluding hydrogens is 196 g/mol. The number of hydrogen-bond acceptors (Lipinski definition) is 6. The van der Waals surface area contributed by atoms with Gasteiger partial charge in [0.25, 0.3) is 0 Å². The fourth-order valence-electron chi connectivity index (χ4n) is 1.33. The number of methoxy groups -OCH3 is 1. The van der Waals surface area contributed by atoms with Crippen molar-refractivity contribution in [3.63, 3.8) is 0 Å². The second-order valence-corrected chi connectivity index (χ2v) is 2.93. The van der Waals surface area contributed by atoms with Crippen molar-refractivity contribution in [3.8, 4) is 0 Å². The lowest BCUT2D eigenvalue weighted by Gasteiger charge is -2.39. The fourth-order valence-corrected chi connectivity index (χ4v) is 1.33. The molecule has 1 aliphatic rings. The first kappa shape index (κ1) is 13.7. The minimum Gasteiger partial charge on any atom is -0.412 e. The van der Waals surface area contributed by atoms with Gasteiger partial charge in [0.15, 0.2) is 6.29 Å². The Morgan fingerprint density at radius 3 is 2.21 bits per heavy atom. The summed E-state index contributed by atoms with van der Waals surface area (Å²) >= 11 is 0. The molecule has 1 saturated heterocycles. The third-order valence-corrected chi connectivity index (χ3v) is 2.11. The molecule has 1 fully saturated rings. The molecule has 0 unspecified atom stereocenters. The maximum absolute atomic E-state index is 9.38. The summed E-state index contributed by atoms with van der Waals surface area (Å²) in [7, 11) is 1.28. The lowest BCUT2D eigenvalue weighted by Crippen LogP contribution is -2.59. The van der Waals surface area contributed by atoms with Gasteiger partial charge in [-0.3, -0.25) is 0 Å². The number of aliphatic hydroxyl groups excluding tert-OH is 4. The quantitative estimate of drug-likeness (QED) is 0.377. The monoisotopic (exact) mass is 212 g/mol. The SMILES string of the molecule is CO[C@@H]1[C@@H](O)[C@@H](O)[C@@H](CO)O[C@@H]1O.O. The van der Waals surface area contributed by atoms with Gasteiger partial charge >= 0.3 is 0 Å². The van der Waals surface area contributed by atoms with Crippen molar-refractivity contribution in [2.75, 3.05) is 13.7 Å². The van der Waals surface area contributed by atoms with Gasteiger partial charge in [0.05, 0.1) is 6.61 Å². The zero-order valence-electron chi connectivity index (χ0n) is 7.70. The normalized spacial score (nSPS) is 43.1. The third-order valence-electron chi connectivity index (χ3n) is 2.11. The molecule has 0 aliphatic carbocycles. The van der Waals surface area contributed by atoms with Gasteiger partial charge in [0.2, 0.25) is 0 Å². The minimum atomic E-state index is -1.33. The van der Waals surface area contributed by atoms with E-state index < -0.39 is 37.3 Å². The first-order valence-electron chi connectivity index (χ1n) is 3.95. The molecule has 0 amide bonds. The van der Waals surface area contributed by atoms with Crippen molar-refractivity contribution in [3.05, 3.63) is 0 Å². The Morgan fingerprint density at radius 1 is 1.21 bits per heavy atom. The van der Waals surface area contributed by atoms with Gasteiger partial charge < -0.3 is 35.4 Å². The molecule has 0 aromatic carbocycles. The second kappa shape index (κ2) is 5.56. The minimum absolute atomic E-state index is 0. The standard InChI is InChI=1S/C7H14O6.H2O/c1-12-6-5(10)4(9)3(2-8)13-7(6)11;/h3-11H,2H2,1H3;1H2/t3-,4+,5+,6-,7+;/m1./s1. The van der Waals surface area contributed by atoms with Gasteiger partial charge in [-0.05, 0) is 0 Å². The van der Waals surface area contributed by atoms with Gasteiger partial charge in [-0.1, -0.05) is 0 Å². The summed E-state index contributed by atoms with van der Waals surface area (Å²) in [5, 5.41) is 36.7. The molecule has 14 heavy (non-hydrogen) atoms. The highest BCUT2D eigenvalue weighted by Crippen LogP contribution is 2.21. The molecule has 6 N–H and O–H groups in total. The predicted molar refractivity (Wildman–Crippen MR) is 44.4 cm³/mol. The molecule has 0 spiro atoms. The van der Waals surface area contributed by atoms with Gasteiger partial charge in [-0.25, -0.2) is 0 Å². The summed E-state index contributed by atoms with van der Waals surface area (Å²) in [6.07, 6.45) is -5.81. The van der Waals surface area contributed by atoms with Crippen LogP contribution in [0.3, 0.4) is 0 Å². The average molecular weight is 212 g/mol. The highest BCUT2D eigenvalue weighted by atomic mass is 16.7. The van der Waals surface area contributed by atoms with Crippen LogP contribution in [0.15, 0.2) is 0 Å².